The average Bonchev–Trinajstić information content (AvgIpc) is 2.53. The lowest BCUT2D eigenvalue weighted by atomic mass is 10.1. The number of rotatable bonds is 7. The molecule has 4 heteroatoms. The van der Waals surface area contributed by atoms with Crippen LogP contribution in [-0.2, 0) is 6.54 Å². The van der Waals surface area contributed by atoms with Crippen molar-refractivity contribution in [2.24, 2.45) is 0 Å². The number of hydrogen-bond acceptors (Lipinski definition) is 3. The molecular formula is C18H22BrNO2. The van der Waals surface area contributed by atoms with E-state index in [0.717, 1.165) is 33.6 Å². The van der Waals surface area contributed by atoms with Gasteiger partial charge in [0.1, 0.15) is 0 Å². The summed E-state index contributed by atoms with van der Waals surface area (Å²) in [6.07, 6.45) is 0.959. The summed E-state index contributed by atoms with van der Waals surface area (Å²) < 4.78 is 12.3. The van der Waals surface area contributed by atoms with Crippen molar-refractivity contribution in [1.82, 2.24) is 0 Å². The quantitative estimate of drug-likeness (QED) is 0.736. The Hall–Kier alpha value is -1.68. The second-order valence-electron chi connectivity index (χ2n) is 5.13. The normalized spacial score (nSPS) is 10.4. The summed E-state index contributed by atoms with van der Waals surface area (Å²) in [5.74, 6) is 1.57. The fourth-order valence-electron chi connectivity index (χ4n) is 2.13. The molecule has 118 valence electrons. The van der Waals surface area contributed by atoms with Crippen molar-refractivity contribution >= 4 is 21.6 Å². The molecule has 0 aliphatic rings. The summed E-state index contributed by atoms with van der Waals surface area (Å²) in [4.78, 5) is 0. The molecule has 0 heterocycles. The fraction of sp³-hybridized carbons (Fsp3) is 0.333. The Balaban J connectivity index is 2.22. The molecule has 22 heavy (non-hydrogen) atoms. The first-order valence-corrected chi connectivity index (χ1v) is 8.23. The second kappa shape index (κ2) is 8.08. The molecule has 0 saturated carbocycles. The third kappa shape index (κ3) is 4.17. The maximum atomic E-state index is 5.90. The van der Waals surface area contributed by atoms with E-state index in [1.807, 2.05) is 12.1 Å². The molecule has 2 aromatic rings. The van der Waals surface area contributed by atoms with Crippen LogP contribution in [0.15, 0.2) is 40.9 Å². The second-order valence-corrected chi connectivity index (χ2v) is 5.98. The molecule has 0 saturated heterocycles. The van der Waals surface area contributed by atoms with Gasteiger partial charge in [0.2, 0.25) is 0 Å². The molecule has 0 fully saturated rings. The highest BCUT2D eigenvalue weighted by molar-refractivity contribution is 9.10. The topological polar surface area (TPSA) is 30.5 Å². The zero-order valence-electron chi connectivity index (χ0n) is 13.3. The van der Waals surface area contributed by atoms with Crippen LogP contribution in [-0.4, -0.2) is 13.7 Å². The number of methoxy groups -OCH3 is 1. The van der Waals surface area contributed by atoms with Crippen LogP contribution in [0.5, 0.6) is 11.5 Å². The Morgan fingerprint density at radius 1 is 1.09 bits per heavy atom. The van der Waals surface area contributed by atoms with Gasteiger partial charge in [-0.3, -0.25) is 0 Å². The molecule has 0 spiro atoms. The predicted molar refractivity (Wildman–Crippen MR) is 95.0 cm³/mol. The lowest BCUT2D eigenvalue weighted by Crippen LogP contribution is -2.06. The first kappa shape index (κ1) is 16.7. The Morgan fingerprint density at radius 2 is 1.82 bits per heavy atom. The van der Waals surface area contributed by atoms with Gasteiger partial charge >= 0.3 is 0 Å². The smallest absolute Gasteiger partial charge is 0.167 e. The van der Waals surface area contributed by atoms with Crippen molar-refractivity contribution in [2.75, 3.05) is 19.0 Å². The van der Waals surface area contributed by atoms with E-state index in [0.29, 0.717) is 13.2 Å². The van der Waals surface area contributed by atoms with E-state index in [1.54, 1.807) is 7.11 Å². The minimum Gasteiger partial charge on any atom is -0.493 e. The monoisotopic (exact) mass is 363 g/mol. The molecule has 0 bridgehead atoms. The van der Waals surface area contributed by atoms with Crippen LogP contribution in [0, 0.1) is 6.92 Å². The SMILES string of the molecule is CCCOc1c(OC)ccc(Br)c1CNc1ccc(C)cc1. The lowest BCUT2D eigenvalue weighted by Gasteiger charge is -2.17. The number of halogens is 1. The van der Waals surface area contributed by atoms with Crippen LogP contribution in [0.4, 0.5) is 5.69 Å². The predicted octanol–water partition coefficient (Wildman–Crippen LogP) is 5.17. The molecule has 0 amide bonds. The van der Waals surface area contributed by atoms with Crippen molar-refractivity contribution in [3.63, 3.8) is 0 Å². The van der Waals surface area contributed by atoms with Gasteiger partial charge in [-0.2, -0.15) is 0 Å². The molecule has 3 nitrogen and oxygen atoms in total. The van der Waals surface area contributed by atoms with Crippen LogP contribution in [0.1, 0.15) is 24.5 Å². The Kier molecular flexibility index (Phi) is 6.13. The van der Waals surface area contributed by atoms with Crippen LogP contribution < -0.4 is 14.8 Å². The first-order valence-electron chi connectivity index (χ1n) is 7.44. The molecule has 0 radical (unpaired) electrons. The summed E-state index contributed by atoms with van der Waals surface area (Å²) in [6.45, 7) is 5.51. The van der Waals surface area contributed by atoms with E-state index in [4.69, 9.17) is 9.47 Å². The van der Waals surface area contributed by atoms with E-state index in [1.165, 1.54) is 5.56 Å². The highest BCUT2D eigenvalue weighted by Crippen LogP contribution is 2.36. The molecule has 0 aliphatic heterocycles. The molecule has 2 aromatic carbocycles. The Labute approximate surface area is 140 Å². The fourth-order valence-corrected chi connectivity index (χ4v) is 2.58. The van der Waals surface area contributed by atoms with E-state index in [-0.39, 0.29) is 0 Å². The summed E-state index contributed by atoms with van der Waals surface area (Å²) in [7, 11) is 1.67. The summed E-state index contributed by atoms with van der Waals surface area (Å²) in [6, 6.07) is 12.3. The molecule has 2 rings (SSSR count). The van der Waals surface area contributed by atoms with Crippen LogP contribution in [0.2, 0.25) is 0 Å². The zero-order chi connectivity index (χ0) is 15.9. The average molecular weight is 364 g/mol. The molecule has 1 N–H and O–H groups in total. The minimum atomic E-state index is 0.667. The van der Waals surface area contributed by atoms with Crippen molar-refractivity contribution in [1.29, 1.82) is 0 Å². The van der Waals surface area contributed by atoms with Crippen LogP contribution >= 0.6 is 15.9 Å². The minimum absolute atomic E-state index is 0.667. The van der Waals surface area contributed by atoms with Gasteiger partial charge in [-0.15, -0.1) is 0 Å². The molecule has 0 unspecified atom stereocenters. The number of aryl methyl sites for hydroxylation is 1. The van der Waals surface area contributed by atoms with Gasteiger partial charge in [0.15, 0.2) is 11.5 Å². The maximum Gasteiger partial charge on any atom is 0.167 e. The zero-order valence-corrected chi connectivity index (χ0v) is 14.9. The highest BCUT2D eigenvalue weighted by atomic mass is 79.9. The van der Waals surface area contributed by atoms with E-state index in [9.17, 15) is 0 Å². The van der Waals surface area contributed by atoms with Gasteiger partial charge in [-0.25, -0.2) is 0 Å². The first-order chi connectivity index (χ1) is 10.7. The van der Waals surface area contributed by atoms with Crippen molar-refractivity contribution < 1.29 is 9.47 Å². The number of nitrogens with one attached hydrogen (secondary N) is 1. The molecule has 0 aromatic heterocycles. The molecule has 0 atom stereocenters. The summed E-state index contributed by atoms with van der Waals surface area (Å²) >= 11 is 3.61. The van der Waals surface area contributed by atoms with Gasteiger partial charge in [0, 0.05) is 22.3 Å². The standard InChI is InChI=1S/C18H22BrNO2/c1-4-11-22-18-15(16(19)9-10-17(18)21-3)12-20-14-7-5-13(2)6-8-14/h5-10,20H,4,11-12H2,1-3H3. The van der Waals surface area contributed by atoms with Gasteiger partial charge in [0.25, 0.3) is 0 Å². The van der Waals surface area contributed by atoms with E-state index in [2.05, 4.69) is 59.4 Å². The molecule has 0 aliphatic carbocycles. The van der Waals surface area contributed by atoms with Crippen molar-refractivity contribution in [2.45, 2.75) is 26.8 Å². The van der Waals surface area contributed by atoms with Gasteiger partial charge < -0.3 is 14.8 Å². The Morgan fingerprint density at radius 3 is 2.45 bits per heavy atom. The summed E-state index contributed by atoms with van der Waals surface area (Å²) in [5.41, 5.74) is 3.40. The van der Waals surface area contributed by atoms with E-state index < -0.39 is 0 Å². The number of anilines is 1. The number of benzene rings is 2. The van der Waals surface area contributed by atoms with Gasteiger partial charge in [-0.1, -0.05) is 40.5 Å². The third-order valence-electron chi connectivity index (χ3n) is 3.36. The highest BCUT2D eigenvalue weighted by Gasteiger charge is 2.14. The largest absolute Gasteiger partial charge is 0.493 e. The van der Waals surface area contributed by atoms with Gasteiger partial charge in [0.05, 0.1) is 13.7 Å². The third-order valence-corrected chi connectivity index (χ3v) is 4.10. The molecular weight excluding hydrogens is 342 g/mol. The maximum absolute atomic E-state index is 5.90. The summed E-state index contributed by atoms with van der Waals surface area (Å²) in [5, 5.41) is 3.43. The van der Waals surface area contributed by atoms with Crippen molar-refractivity contribution in [3.8, 4) is 11.5 Å². The number of ether oxygens (including phenoxy) is 2. The lowest BCUT2D eigenvalue weighted by molar-refractivity contribution is 0.291. The van der Waals surface area contributed by atoms with Crippen LogP contribution in [0.3, 0.4) is 0 Å². The number of hydrogen-bond donors (Lipinski definition) is 1. The van der Waals surface area contributed by atoms with E-state index >= 15 is 0 Å². The van der Waals surface area contributed by atoms with Crippen molar-refractivity contribution in [3.05, 3.63) is 52.0 Å². The van der Waals surface area contributed by atoms with Gasteiger partial charge in [-0.05, 0) is 37.6 Å². The van der Waals surface area contributed by atoms with Crippen LogP contribution in [0.25, 0.3) is 0 Å². The Bertz CT molecular complexity index is 611.